The summed E-state index contributed by atoms with van der Waals surface area (Å²) in [6, 6.07) is 2.72. The number of benzene rings is 2. The molecule has 3 aliphatic heterocycles. The predicted molar refractivity (Wildman–Crippen MR) is 154 cm³/mol. The van der Waals surface area contributed by atoms with Crippen molar-refractivity contribution in [3.63, 3.8) is 0 Å². The van der Waals surface area contributed by atoms with Gasteiger partial charge in [0.15, 0.2) is 6.23 Å². The molecule has 2 fully saturated rings. The Hall–Kier alpha value is -2.83. The molecule has 3 aliphatic rings. The Labute approximate surface area is 252 Å². The Morgan fingerprint density at radius 3 is 2.50 bits per heavy atom. The van der Waals surface area contributed by atoms with Crippen LogP contribution in [0.4, 0.5) is 26.3 Å². The van der Waals surface area contributed by atoms with Gasteiger partial charge in [-0.1, -0.05) is 6.07 Å². The van der Waals surface area contributed by atoms with E-state index < -0.39 is 47.9 Å². The normalized spacial score (nSPS) is 23.7. The summed E-state index contributed by atoms with van der Waals surface area (Å²) < 4.78 is 102. The summed E-state index contributed by atoms with van der Waals surface area (Å²) in [6.45, 7) is 4.10. The van der Waals surface area contributed by atoms with E-state index in [9.17, 15) is 13.2 Å². The molecule has 12 heteroatoms. The predicted octanol–water partition coefficient (Wildman–Crippen LogP) is 6.62. The van der Waals surface area contributed by atoms with Crippen molar-refractivity contribution in [2.75, 3.05) is 46.1 Å². The number of alkyl halides is 4. The van der Waals surface area contributed by atoms with Crippen molar-refractivity contribution >= 4 is 10.9 Å². The van der Waals surface area contributed by atoms with Gasteiger partial charge in [0.25, 0.3) is 6.43 Å². The number of halogens is 6. The van der Waals surface area contributed by atoms with E-state index in [0.717, 1.165) is 31.4 Å². The lowest BCUT2D eigenvalue weighted by atomic mass is 9.82. The number of fused-ring (bicyclic) bond motifs is 3. The molecule has 6 nitrogen and oxygen atoms in total. The molecule has 0 N–H and O–H groups in total. The summed E-state index contributed by atoms with van der Waals surface area (Å²) in [5.41, 5.74) is -0.748. The average Bonchev–Trinajstić information content (AvgIpc) is 3.39. The molecule has 3 aromatic rings. The fourth-order valence-corrected chi connectivity index (χ4v) is 6.87. The number of hydrogen-bond donors (Lipinski definition) is 0. The van der Waals surface area contributed by atoms with Crippen LogP contribution >= 0.6 is 0 Å². The van der Waals surface area contributed by atoms with Crippen molar-refractivity contribution < 1.29 is 35.8 Å². The van der Waals surface area contributed by atoms with E-state index >= 15 is 13.2 Å². The molecule has 1 aromatic heterocycles. The van der Waals surface area contributed by atoms with Gasteiger partial charge >= 0.3 is 0 Å². The van der Waals surface area contributed by atoms with E-state index in [1.165, 1.54) is 18.7 Å². The fourth-order valence-electron chi connectivity index (χ4n) is 6.87. The van der Waals surface area contributed by atoms with E-state index in [2.05, 4.69) is 5.10 Å². The minimum Gasteiger partial charge on any atom is -0.492 e. The SMILES string of the molecule is CC(C)(F)CN1[C@H](c2c(F)cc(OCCN3CC(CF)C3)cc2F)c2ccc3c(cnn3C3CCCCO3)c2C[C@H]1C(F)F. The van der Waals surface area contributed by atoms with Gasteiger partial charge in [0.05, 0.1) is 30.5 Å². The molecule has 6 rings (SSSR count). The van der Waals surface area contributed by atoms with Crippen LogP contribution in [0, 0.1) is 17.6 Å². The molecule has 0 aliphatic carbocycles. The van der Waals surface area contributed by atoms with Crippen LogP contribution in [0.25, 0.3) is 10.9 Å². The highest BCUT2D eigenvalue weighted by Gasteiger charge is 2.45. The summed E-state index contributed by atoms with van der Waals surface area (Å²) in [5, 5.41) is 5.13. The number of hydrogen-bond acceptors (Lipinski definition) is 5. The first-order valence-electron chi connectivity index (χ1n) is 15.3. The van der Waals surface area contributed by atoms with Crippen LogP contribution < -0.4 is 4.74 Å². The Kier molecular flexibility index (Phi) is 8.87. The van der Waals surface area contributed by atoms with Crippen molar-refractivity contribution in [3.05, 3.63) is 58.8 Å². The third kappa shape index (κ3) is 6.17. The van der Waals surface area contributed by atoms with Crippen LogP contribution in [-0.4, -0.2) is 83.8 Å². The summed E-state index contributed by atoms with van der Waals surface area (Å²) in [4.78, 5) is 3.18. The molecular formula is C32H38F6N4O2. The molecule has 3 atom stereocenters. The van der Waals surface area contributed by atoms with Crippen LogP contribution in [0.5, 0.6) is 5.75 Å². The number of aromatic nitrogens is 2. The lowest BCUT2D eigenvalue weighted by Crippen LogP contribution is -2.52. The highest BCUT2D eigenvalue weighted by atomic mass is 19.3. The Bertz CT molecular complexity index is 1440. The van der Waals surface area contributed by atoms with Crippen LogP contribution in [0.1, 0.15) is 62.1 Å². The number of rotatable bonds is 10. The smallest absolute Gasteiger partial charge is 0.254 e. The molecule has 2 saturated heterocycles. The van der Waals surface area contributed by atoms with Crippen molar-refractivity contribution in [2.24, 2.45) is 5.92 Å². The molecule has 1 unspecified atom stereocenters. The Morgan fingerprint density at radius 2 is 1.86 bits per heavy atom. The Morgan fingerprint density at radius 1 is 1.11 bits per heavy atom. The largest absolute Gasteiger partial charge is 0.492 e. The van der Waals surface area contributed by atoms with E-state index in [4.69, 9.17) is 9.47 Å². The number of likely N-dealkylation sites (tertiary alicyclic amines) is 1. The summed E-state index contributed by atoms with van der Waals surface area (Å²) in [5.74, 6) is -1.98. The zero-order chi connectivity index (χ0) is 31.2. The van der Waals surface area contributed by atoms with E-state index in [1.54, 1.807) is 23.0 Å². The number of ether oxygens (including phenoxy) is 2. The van der Waals surface area contributed by atoms with Crippen molar-refractivity contribution in [2.45, 2.75) is 69.9 Å². The fraction of sp³-hybridized carbons (Fsp3) is 0.594. The van der Waals surface area contributed by atoms with Gasteiger partial charge < -0.3 is 9.47 Å². The molecule has 4 heterocycles. The highest BCUT2D eigenvalue weighted by molar-refractivity contribution is 5.84. The topological polar surface area (TPSA) is 42.8 Å². The summed E-state index contributed by atoms with van der Waals surface area (Å²) in [6.07, 6.45) is 0.933. The molecule has 2 aromatic carbocycles. The second kappa shape index (κ2) is 12.5. The van der Waals surface area contributed by atoms with Gasteiger partial charge in [-0.05, 0) is 56.7 Å². The van der Waals surface area contributed by atoms with Gasteiger partial charge in [-0.2, -0.15) is 5.10 Å². The van der Waals surface area contributed by atoms with Crippen LogP contribution in [0.3, 0.4) is 0 Å². The second-order valence-electron chi connectivity index (χ2n) is 12.8. The molecule has 0 saturated carbocycles. The van der Waals surface area contributed by atoms with Gasteiger partial charge in [0.1, 0.15) is 29.7 Å². The number of nitrogens with zero attached hydrogens (tertiary/aromatic N) is 4. The molecule has 0 bridgehead atoms. The third-order valence-corrected chi connectivity index (χ3v) is 8.92. The average molecular weight is 625 g/mol. The first-order valence-corrected chi connectivity index (χ1v) is 15.3. The summed E-state index contributed by atoms with van der Waals surface area (Å²) >= 11 is 0. The van der Waals surface area contributed by atoms with E-state index in [-0.39, 0.29) is 37.6 Å². The first-order chi connectivity index (χ1) is 21.0. The minimum atomic E-state index is -2.91. The zero-order valence-electron chi connectivity index (χ0n) is 24.9. The monoisotopic (exact) mass is 624 g/mol. The van der Waals surface area contributed by atoms with Crippen LogP contribution in [-0.2, 0) is 11.2 Å². The van der Waals surface area contributed by atoms with Gasteiger partial charge in [-0.25, -0.2) is 26.6 Å². The van der Waals surface area contributed by atoms with Crippen molar-refractivity contribution in [1.82, 2.24) is 19.6 Å². The molecule has 0 spiro atoms. The lowest BCUT2D eigenvalue weighted by molar-refractivity contribution is -0.0367. The lowest BCUT2D eigenvalue weighted by Gasteiger charge is -2.45. The maximum atomic E-state index is 15.9. The van der Waals surface area contributed by atoms with E-state index in [1.807, 2.05) is 4.90 Å². The van der Waals surface area contributed by atoms with Gasteiger partial charge in [0, 0.05) is 61.8 Å². The quantitative estimate of drug-likeness (QED) is 0.237. The second-order valence-corrected chi connectivity index (χ2v) is 12.8. The zero-order valence-corrected chi connectivity index (χ0v) is 24.9. The van der Waals surface area contributed by atoms with Crippen molar-refractivity contribution in [3.8, 4) is 5.75 Å². The van der Waals surface area contributed by atoms with Crippen LogP contribution in [0.2, 0.25) is 0 Å². The van der Waals surface area contributed by atoms with Crippen molar-refractivity contribution in [1.29, 1.82) is 0 Å². The van der Waals surface area contributed by atoms with E-state index in [0.29, 0.717) is 48.3 Å². The summed E-state index contributed by atoms with van der Waals surface area (Å²) in [7, 11) is 0. The highest BCUT2D eigenvalue weighted by Crippen LogP contribution is 2.45. The van der Waals surface area contributed by atoms with Gasteiger partial charge in [0.2, 0.25) is 0 Å². The maximum Gasteiger partial charge on any atom is 0.254 e. The minimum absolute atomic E-state index is 0.00743. The molecule has 0 radical (unpaired) electrons. The third-order valence-electron chi connectivity index (χ3n) is 8.92. The molecule has 240 valence electrons. The molecular weight excluding hydrogens is 586 g/mol. The first kappa shape index (κ1) is 31.2. The van der Waals surface area contributed by atoms with Gasteiger partial charge in [-0.15, -0.1) is 0 Å². The standard InChI is InChI=1S/C32H38F6N4O2/c1-32(2,38)18-41-27(31(36)37)13-22-21(6-7-26-23(22)15-39-42(26)28-5-3-4-9-44-28)30(41)29-24(34)11-20(12-25(29)35)43-10-8-40-16-19(14-33)17-40/h6-7,11-12,15,19,27-28,30-31H,3-5,8-10,13-14,16-18H2,1-2H3/t27-,28?,30-/m0/s1. The van der Waals surface area contributed by atoms with Gasteiger partial charge in [-0.3, -0.25) is 14.2 Å². The van der Waals surface area contributed by atoms with Crippen LogP contribution in [0.15, 0.2) is 30.5 Å². The maximum absolute atomic E-state index is 15.9. The molecule has 44 heavy (non-hydrogen) atoms. The Balaban J connectivity index is 1.38. The molecule has 0 amide bonds.